The summed E-state index contributed by atoms with van der Waals surface area (Å²) in [6.45, 7) is 0.279. The van der Waals surface area contributed by atoms with Crippen LogP contribution in [0.3, 0.4) is 0 Å². The fraction of sp³-hybridized carbons (Fsp3) is 0.0571. The fourth-order valence-electron chi connectivity index (χ4n) is 5.19. The summed E-state index contributed by atoms with van der Waals surface area (Å²) in [6, 6.07) is 30.1. The lowest BCUT2D eigenvalue weighted by Crippen LogP contribution is -2.20. The smallest absolute Gasteiger partial charge is 0.282 e. The molecule has 0 fully saturated rings. The van der Waals surface area contributed by atoms with E-state index in [0.717, 1.165) is 21.7 Å². The van der Waals surface area contributed by atoms with Crippen LogP contribution >= 0.6 is 39.1 Å². The van der Waals surface area contributed by atoms with Crippen LogP contribution in [0.25, 0.3) is 44.2 Å². The number of fused-ring (bicyclic) bond motifs is 3. The molecule has 0 N–H and O–H groups in total. The SMILES string of the molecule is COc1cc(C=Nn2c(-c3cc4cc(Cl)ccc4o3)nc3ccccc3c2=O)c(Br)c(Cl)c1OCc1cccc2ccccc12. The molecule has 0 radical (unpaired) electrons. The van der Waals surface area contributed by atoms with E-state index in [4.69, 9.17) is 42.1 Å². The predicted molar refractivity (Wildman–Crippen MR) is 183 cm³/mol. The third-order valence-corrected chi connectivity index (χ3v) is 9.07. The van der Waals surface area contributed by atoms with Crippen LogP contribution in [0.1, 0.15) is 11.1 Å². The van der Waals surface area contributed by atoms with Crippen molar-refractivity contribution >= 4 is 78.0 Å². The van der Waals surface area contributed by atoms with Crippen LogP contribution in [0, 0.1) is 0 Å². The number of hydrogen-bond acceptors (Lipinski definition) is 6. The predicted octanol–water partition coefficient (Wildman–Crippen LogP) is 9.50. The molecule has 0 bridgehead atoms. The molecule has 7 nitrogen and oxygen atoms in total. The Morgan fingerprint density at radius 2 is 1.71 bits per heavy atom. The molecule has 0 aliphatic heterocycles. The van der Waals surface area contributed by atoms with Gasteiger partial charge in [-0.1, -0.05) is 77.8 Å². The van der Waals surface area contributed by atoms with Gasteiger partial charge < -0.3 is 13.9 Å². The van der Waals surface area contributed by atoms with Crippen LogP contribution in [-0.2, 0) is 6.61 Å². The van der Waals surface area contributed by atoms with Gasteiger partial charge in [-0.25, -0.2) is 4.98 Å². The molecule has 2 aromatic heterocycles. The summed E-state index contributed by atoms with van der Waals surface area (Å²) < 4.78 is 19.7. The summed E-state index contributed by atoms with van der Waals surface area (Å²) in [4.78, 5) is 18.5. The summed E-state index contributed by atoms with van der Waals surface area (Å²) in [6.07, 6.45) is 1.51. The van der Waals surface area contributed by atoms with Crippen molar-refractivity contribution in [3.05, 3.63) is 133 Å². The fourth-order valence-corrected chi connectivity index (χ4v) is 6.02. The zero-order chi connectivity index (χ0) is 31.1. The van der Waals surface area contributed by atoms with Gasteiger partial charge in [0, 0.05) is 20.4 Å². The number of furan rings is 1. The number of aromatic nitrogens is 2. The highest BCUT2D eigenvalue weighted by atomic mass is 79.9. The lowest BCUT2D eigenvalue weighted by Gasteiger charge is -2.16. The number of nitrogens with zero attached hydrogens (tertiary/aromatic N) is 3. The zero-order valence-electron chi connectivity index (χ0n) is 23.6. The minimum atomic E-state index is -0.366. The van der Waals surface area contributed by atoms with Gasteiger partial charge in [-0.05, 0) is 74.7 Å². The van der Waals surface area contributed by atoms with E-state index in [1.807, 2.05) is 30.3 Å². The highest BCUT2D eigenvalue weighted by Gasteiger charge is 2.20. The molecule has 2 heterocycles. The summed E-state index contributed by atoms with van der Waals surface area (Å²) >= 11 is 16.6. The van der Waals surface area contributed by atoms with Gasteiger partial charge in [0.1, 0.15) is 17.2 Å². The molecule has 0 saturated heterocycles. The molecule has 0 aliphatic carbocycles. The quantitative estimate of drug-likeness (QED) is 0.155. The Kier molecular flexibility index (Phi) is 7.79. The van der Waals surface area contributed by atoms with E-state index in [1.165, 1.54) is 18.0 Å². The van der Waals surface area contributed by atoms with E-state index in [-0.39, 0.29) is 18.0 Å². The number of methoxy groups -OCH3 is 1. The zero-order valence-corrected chi connectivity index (χ0v) is 26.7. The Morgan fingerprint density at radius 1 is 0.933 bits per heavy atom. The van der Waals surface area contributed by atoms with Crippen molar-refractivity contribution in [1.82, 2.24) is 9.66 Å². The normalized spacial score (nSPS) is 11.6. The second kappa shape index (κ2) is 12.0. The molecule has 0 unspecified atom stereocenters. The Labute approximate surface area is 275 Å². The molecule has 7 rings (SSSR count). The molecule has 7 aromatic rings. The maximum atomic E-state index is 13.7. The molecule has 222 valence electrons. The van der Waals surface area contributed by atoms with Crippen molar-refractivity contribution in [2.24, 2.45) is 5.10 Å². The second-order valence-electron chi connectivity index (χ2n) is 10.2. The number of ether oxygens (including phenoxy) is 2. The van der Waals surface area contributed by atoms with Crippen molar-refractivity contribution in [2.75, 3.05) is 7.11 Å². The third kappa shape index (κ3) is 5.46. The summed E-state index contributed by atoms with van der Waals surface area (Å²) in [5.41, 5.74) is 2.31. The topological polar surface area (TPSA) is 78.9 Å². The molecule has 0 aliphatic rings. The molecule has 0 saturated carbocycles. The van der Waals surface area contributed by atoms with Crippen LogP contribution in [-0.4, -0.2) is 23.0 Å². The molecule has 0 atom stereocenters. The van der Waals surface area contributed by atoms with E-state index in [2.05, 4.69) is 39.2 Å². The van der Waals surface area contributed by atoms with Crippen LogP contribution in [0.5, 0.6) is 11.5 Å². The minimum Gasteiger partial charge on any atom is -0.493 e. The monoisotopic (exact) mass is 697 g/mol. The van der Waals surface area contributed by atoms with Crippen molar-refractivity contribution in [3.63, 3.8) is 0 Å². The number of hydrogen-bond donors (Lipinski definition) is 0. The Morgan fingerprint density at radius 3 is 2.56 bits per heavy atom. The van der Waals surface area contributed by atoms with Gasteiger partial charge in [0.25, 0.3) is 5.56 Å². The van der Waals surface area contributed by atoms with Crippen molar-refractivity contribution in [3.8, 4) is 23.1 Å². The van der Waals surface area contributed by atoms with Gasteiger partial charge in [-0.15, -0.1) is 0 Å². The largest absolute Gasteiger partial charge is 0.493 e. The van der Waals surface area contributed by atoms with Gasteiger partial charge in [0.05, 0.1) is 24.2 Å². The van der Waals surface area contributed by atoms with Crippen LogP contribution < -0.4 is 15.0 Å². The van der Waals surface area contributed by atoms with E-state index >= 15 is 0 Å². The van der Waals surface area contributed by atoms with E-state index < -0.39 is 0 Å². The van der Waals surface area contributed by atoms with Crippen molar-refractivity contribution in [1.29, 1.82) is 0 Å². The lowest BCUT2D eigenvalue weighted by molar-refractivity contribution is 0.285. The van der Waals surface area contributed by atoms with Gasteiger partial charge in [-0.3, -0.25) is 4.79 Å². The standard InChI is InChI=1S/C35H22BrCl2N3O4/c1-43-29-17-23(31(36)32(38)33(29)44-19-21-9-6-8-20-7-2-3-10-25(20)21)18-39-41-34(40-27-12-5-4-11-26(27)35(41)42)30-16-22-15-24(37)13-14-28(22)45-30/h2-18H,19H2,1H3. The van der Waals surface area contributed by atoms with Crippen molar-refractivity contribution in [2.45, 2.75) is 6.61 Å². The highest BCUT2D eigenvalue weighted by molar-refractivity contribution is 9.10. The number of benzene rings is 5. The summed E-state index contributed by atoms with van der Waals surface area (Å²) in [5, 5.41) is 8.83. The first-order valence-corrected chi connectivity index (χ1v) is 15.4. The Hall–Kier alpha value is -4.63. The lowest BCUT2D eigenvalue weighted by atomic mass is 10.1. The molecule has 10 heteroatoms. The molecule has 5 aromatic carbocycles. The molecular weight excluding hydrogens is 677 g/mol. The average Bonchev–Trinajstić information content (AvgIpc) is 3.48. The molecule has 0 amide bonds. The number of halogens is 3. The van der Waals surface area contributed by atoms with Crippen LogP contribution in [0.15, 0.2) is 116 Å². The average molecular weight is 699 g/mol. The minimum absolute atomic E-state index is 0.228. The first kappa shape index (κ1) is 29.1. The van der Waals surface area contributed by atoms with E-state index in [0.29, 0.717) is 53.8 Å². The van der Waals surface area contributed by atoms with Gasteiger partial charge in [0.15, 0.2) is 17.3 Å². The highest BCUT2D eigenvalue weighted by Crippen LogP contribution is 2.43. The first-order chi connectivity index (χ1) is 21.9. The number of rotatable bonds is 7. The molecule has 0 spiro atoms. The van der Waals surface area contributed by atoms with Crippen molar-refractivity contribution < 1.29 is 13.9 Å². The molecule has 45 heavy (non-hydrogen) atoms. The Balaban J connectivity index is 1.29. The summed E-state index contributed by atoms with van der Waals surface area (Å²) in [7, 11) is 1.54. The van der Waals surface area contributed by atoms with Gasteiger partial charge >= 0.3 is 0 Å². The first-order valence-electron chi connectivity index (χ1n) is 13.8. The summed E-state index contributed by atoms with van der Waals surface area (Å²) in [5.74, 6) is 1.37. The third-order valence-electron chi connectivity index (χ3n) is 7.39. The maximum Gasteiger partial charge on any atom is 0.282 e. The van der Waals surface area contributed by atoms with E-state index in [1.54, 1.807) is 48.5 Å². The Bertz CT molecular complexity index is 2340. The number of para-hydroxylation sites is 1. The maximum absolute atomic E-state index is 13.7. The van der Waals surface area contributed by atoms with E-state index in [9.17, 15) is 4.79 Å². The van der Waals surface area contributed by atoms with Gasteiger partial charge in [-0.2, -0.15) is 9.78 Å². The molecular formula is C35H22BrCl2N3O4. The van der Waals surface area contributed by atoms with Gasteiger partial charge in [0.2, 0.25) is 5.82 Å². The van der Waals surface area contributed by atoms with Crippen LogP contribution in [0.2, 0.25) is 10.0 Å². The van der Waals surface area contributed by atoms with Crippen LogP contribution in [0.4, 0.5) is 0 Å². The second-order valence-corrected chi connectivity index (χ2v) is 11.8.